The third kappa shape index (κ3) is 3.84. The van der Waals surface area contributed by atoms with Gasteiger partial charge in [-0.2, -0.15) is 0 Å². The molecule has 0 atom stereocenters. The van der Waals surface area contributed by atoms with Gasteiger partial charge in [0.1, 0.15) is 0 Å². The van der Waals surface area contributed by atoms with Gasteiger partial charge in [0.05, 0.1) is 22.1 Å². The highest BCUT2D eigenvalue weighted by Crippen LogP contribution is 2.32. The summed E-state index contributed by atoms with van der Waals surface area (Å²) in [6.45, 7) is 0.639. The molecule has 1 aromatic carbocycles. The highest BCUT2D eigenvalue weighted by molar-refractivity contribution is 9.11. The molecule has 106 valence electrons. The van der Waals surface area contributed by atoms with Crippen LogP contribution in [0.4, 0.5) is 5.69 Å². The van der Waals surface area contributed by atoms with E-state index in [9.17, 15) is 4.79 Å². The number of nitrogens with one attached hydrogen (secondary N) is 1. The van der Waals surface area contributed by atoms with E-state index in [1.54, 1.807) is 17.4 Å². The van der Waals surface area contributed by atoms with Gasteiger partial charge in [-0.15, -0.1) is 11.3 Å². The van der Waals surface area contributed by atoms with E-state index >= 15 is 0 Å². The Hall–Kier alpha value is -0.370. The molecule has 0 fully saturated rings. The molecule has 3 nitrogen and oxygen atoms in total. The number of carbonyl (C=O) groups excluding carboxylic acids is 1. The third-order valence-corrected chi connectivity index (χ3v) is 5.24. The molecule has 0 saturated heterocycles. The van der Waals surface area contributed by atoms with Crippen LogP contribution in [0.5, 0.6) is 0 Å². The van der Waals surface area contributed by atoms with Crippen LogP contribution >= 0.6 is 59.1 Å². The van der Waals surface area contributed by atoms with Crippen molar-refractivity contribution in [1.29, 1.82) is 0 Å². The summed E-state index contributed by atoms with van der Waals surface area (Å²) in [4.78, 5) is 13.0. The van der Waals surface area contributed by atoms with E-state index in [2.05, 4.69) is 53.1 Å². The van der Waals surface area contributed by atoms with Gasteiger partial charge >= 0.3 is 5.97 Å². The summed E-state index contributed by atoms with van der Waals surface area (Å²) < 4.78 is 7.52. The molecule has 0 unspecified atom stereocenters. The third-order valence-electron chi connectivity index (χ3n) is 2.53. The average Bonchev–Trinajstić information content (AvgIpc) is 2.81. The first-order valence-electron chi connectivity index (χ1n) is 5.56. The van der Waals surface area contributed by atoms with Crippen LogP contribution in [0, 0.1) is 0 Å². The van der Waals surface area contributed by atoms with E-state index in [0.717, 1.165) is 18.4 Å². The number of hydrogen-bond donors (Lipinski definition) is 1. The first-order chi connectivity index (χ1) is 9.51. The summed E-state index contributed by atoms with van der Waals surface area (Å²) in [5.74, 6) is -0.373. The Bertz CT molecular complexity index is 643. The van der Waals surface area contributed by atoms with E-state index in [-0.39, 0.29) is 5.97 Å². The molecule has 20 heavy (non-hydrogen) atoms. The maximum Gasteiger partial charge on any atom is 0.340 e. The molecule has 0 aliphatic rings. The molecular formula is C13H10Br3NO2S. The molecule has 0 radical (unpaired) electrons. The molecule has 2 rings (SSSR count). The minimum absolute atomic E-state index is 0.373. The zero-order valence-corrected chi connectivity index (χ0v) is 15.9. The minimum Gasteiger partial charge on any atom is -0.465 e. The molecule has 0 amide bonds. The summed E-state index contributed by atoms with van der Waals surface area (Å²) in [6, 6.07) is 7.66. The number of hydrogen-bond acceptors (Lipinski definition) is 4. The number of ether oxygens (including phenoxy) is 1. The lowest BCUT2D eigenvalue weighted by molar-refractivity contribution is 0.0601. The first-order valence-corrected chi connectivity index (χ1v) is 8.76. The van der Waals surface area contributed by atoms with Gasteiger partial charge in [0.25, 0.3) is 0 Å². The van der Waals surface area contributed by atoms with Crippen molar-refractivity contribution in [3.8, 4) is 0 Å². The summed E-state index contributed by atoms with van der Waals surface area (Å²) in [7, 11) is 1.37. The number of anilines is 1. The van der Waals surface area contributed by atoms with Gasteiger partial charge in [0.15, 0.2) is 0 Å². The fourth-order valence-corrected chi connectivity index (χ4v) is 4.43. The maximum atomic E-state index is 11.8. The van der Waals surface area contributed by atoms with E-state index in [4.69, 9.17) is 4.74 Å². The Morgan fingerprint density at radius 2 is 2.05 bits per heavy atom. The molecule has 7 heteroatoms. The second-order valence-electron chi connectivity index (χ2n) is 3.86. The molecule has 0 aliphatic heterocycles. The molecular weight excluding hydrogens is 474 g/mol. The Morgan fingerprint density at radius 3 is 2.65 bits per heavy atom. The van der Waals surface area contributed by atoms with Crippen LogP contribution in [0.1, 0.15) is 15.2 Å². The first kappa shape index (κ1) is 16.0. The Kier molecular flexibility index (Phi) is 5.65. The number of esters is 1. The SMILES string of the molecule is COC(=O)c1cc(Br)cc(Br)c1NCc1ccc(Br)s1. The summed E-state index contributed by atoms with van der Waals surface area (Å²) in [5, 5.41) is 3.27. The number of rotatable bonds is 4. The highest BCUT2D eigenvalue weighted by atomic mass is 79.9. The van der Waals surface area contributed by atoms with E-state index in [1.807, 2.05) is 18.2 Å². The Morgan fingerprint density at radius 1 is 1.30 bits per heavy atom. The molecule has 1 heterocycles. The van der Waals surface area contributed by atoms with Crippen LogP contribution in [0.3, 0.4) is 0 Å². The van der Waals surface area contributed by atoms with Gasteiger partial charge < -0.3 is 10.1 Å². The fourth-order valence-electron chi connectivity index (χ4n) is 1.65. The molecule has 1 N–H and O–H groups in total. The lowest BCUT2D eigenvalue weighted by Crippen LogP contribution is -2.08. The quantitative estimate of drug-likeness (QED) is 0.589. The van der Waals surface area contributed by atoms with E-state index in [1.165, 1.54) is 12.0 Å². The number of benzene rings is 1. The number of halogens is 3. The van der Waals surface area contributed by atoms with Crippen molar-refractivity contribution in [2.45, 2.75) is 6.54 Å². The normalized spacial score (nSPS) is 10.4. The van der Waals surface area contributed by atoms with Crippen molar-refractivity contribution in [3.05, 3.63) is 47.4 Å². The van der Waals surface area contributed by atoms with Crippen LogP contribution < -0.4 is 5.32 Å². The van der Waals surface area contributed by atoms with Gasteiger partial charge in [-0.3, -0.25) is 0 Å². The number of thiophene rings is 1. The number of carbonyl (C=O) groups is 1. The van der Waals surface area contributed by atoms with Crippen molar-refractivity contribution in [2.75, 3.05) is 12.4 Å². The lowest BCUT2D eigenvalue weighted by atomic mass is 10.2. The predicted molar refractivity (Wildman–Crippen MR) is 92.5 cm³/mol. The van der Waals surface area contributed by atoms with Gasteiger partial charge in [0, 0.05) is 20.4 Å². The fraction of sp³-hybridized carbons (Fsp3) is 0.154. The summed E-state index contributed by atoms with van der Waals surface area (Å²) in [5.41, 5.74) is 1.22. The van der Waals surface area contributed by atoms with Crippen molar-refractivity contribution in [2.24, 2.45) is 0 Å². The minimum atomic E-state index is -0.373. The second kappa shape index (κ2) is 7.06. The maximum absolute atomic E-state index is 11.8. The molecule has 0 aliphatic carbocycles. The van der Waals surface area contributed by atoms with Crippen molar-refractivity contribution in [3.63, 3.8) is 0 Å². The van der Waals surface area contributed by atoms with E-state index < -0.39 is 0 Å². The van der Waals surface area contributed by atoms with Gasteiger partial charge in [-0.25, -0.2) is 4.79 Å². The number of methoxy groups -OCH3 is 1. The van der Waals surface area contributed by atoms with Gasteiger partial charge in [0.2, 0.25) is 0 Å². The second-order valence-corrected chi connectivity index (χ2v) is 8.18. The van der Waals surface area contributed by atoms with Crippen LogP contribution in [-0.4, -0.2) is 13.1 Å². The Labute approximate surface area is 146 Å². The lowest BCUT2D eigenvalue weighted by Gasteiger charge is -2.13. The average molecular weight is 484 g/mol. The zero-order chi connectivity index (χ0) is 14.7. The molecule has 1 aromatic heterocycles. The summed E-state index contributed by atoms with van der Waals surface area (Å²) in [6.07, 6.45) is 0. The smallest absolute Gasteiger partial charge is 0.340 e. The zero-order valence-electron chi connectivity index (χ0n) is 10.4. The predicted octanol–water partition coefficient (Wildman–Crippen LogP) is 5.43. The van der Waals surface area contributed by atoms with Crippen LogP contribution in [0.2, 0.25) is 0 Å². The van der Waals surface area contributed by atoms with Crippen molar-refractivity contribution < 1.29 is 9.53 Å². The van der Waals surface area contributed by atoms with Gasteiger partial charge in [-0.1, -0.05) is 15.9 Å². The molecule has 0 bridgehead atoms. The largest absolute Gasteiger partial charge is 0.465 e. The molecule has 0 spiro atoms. The van der Waals surface area contributed by atoms with Crippen LogP contribution in [0.25, 0.3) is 0 Å². The Balaban J connectivity index is 2.27. The molecule has 2 aromatic rings. The van der Waals surface area contributed by atoms with Crippen LogP contribution in [-0.2, 0) is 11.3 Å². The highest BCUT2D eigenvalue weighted by Gasteiger charge is 2.16. The van der Waals surface area contributed by atoms with Crippen molar-refractivity contribution in [1.82, 2.24) is 0 Å². The standard InChI is InChI=1S/C13H10Br3NO2S/c1-19-13(18)9-4-7(14)5-10(15)12(9)17-6-8-2-3-11(16)20-8/h2-5,17H,6H2,1H3. The topological polar surface area (TPSA) is 38.3 Å². The van der Waals surface area contributed by atoms with Gasteiger partial charge in [-0.05, 0) is 56.1 Å². The summed E-state index contributed by atoms with van der Waals surface area (Å²) >= 11 is 11.9. The monoisotopic (exact) mass is 481 g/mol. The van der Waals surface area contributed by atoms with Crippen molar-refractivity contribution >= 4 is 70.8 Å². The van der Waals surface area contributed by atoms with E-state index in [0.29, 0.717) is 12.1 Å². The molecule has 0 saturated carbocycles. The van der Waals surface area contributed by atoms with Crippen LogP contribution in [0.15, 0.2) is 37.0 Å².